The molecule has 0 aliphatic heterocycles. The molecule has 0 bridgehead atoms. The average molecular weight is 297 g/mol. The third-order valence-electron chi connectivity index (χ3n) is 3.67. The lowest BCUT2D eigenvalue weighted by Gasteiger charge is -2.19. The highest BCUT2D eigenvalue weighted by Crippen LogP contribution is 2.11. The Morgan fingerprint density at radius 1 is 1.05 bits per heavy atom. The molecule has 0 aliphatic rings. The van der Waals surface area contributed by atoms with Crippen molar-refractivity contribution in [3.8, 4) is 0 Å². The molecule has 1 amide bonds. The number of rotatable bonds is 12. The molecule has 0 aromatic heterocycles. The molecule has 1 unspecified atom stereocenters. The van der Waals surface area contributed by atoms with Crippen LogP contribution in [-0.4, -0.2) is 35.0 Å². The number of unbranched alkanes of at least 4 members (excludes halogenated alkanes) is 5. The normalized spacial score (nSPS) is 12.5. The van der Waals surface area contributed by atoms with Crippen LogP contribution in [-0.2, 0) is 9.59 Å². The molecule has 4 nitrogen and oxygen atoms in total. The lowest BCUT2D eigenvalue weighted by Crippen LogP contribution is -2.33. The van der Waals surface area contributed by atoms with Crippen molar-refractivity contribution < 1.29 is 14.7 Å². The Labute approximate surface area is 129 Å². The summed E-state index contributed by atoms with van der Waals surface area (Å²) >= 11 is 0. The predicted octanol–water partition coefficient (Wildman–Crippen LogP) is 3.86. The summed E-state index contributed by atoms with van der Waals surface area (Å²) in [5.41, 5.74) is 0. The highest BCUT2D eigenvalue weighted by Gasteiger charge is 2.20. The average Bonchev–Trinajstić information content (AvgIpc) is 2.46. The summed E-state index contributed by atoms with van der Waals surface area (Å²) in [6, 6.07) is 0. The number of carboxylic acid groups (broad SMARTS) is 1. The second kappa shape index (κ2) is 12.4. The number of hydrogen-bond acceptors (Lipinski definition) is 2. The molecule has 0 rings (SSSR count). The molecule has 21 heavy (non-hydrogen) atoms. The minimum atomic E-state index is -0.919. The zero-order chi connectivity index (χ0) is 16.1. The van der Waals surface area contributed by atoms with Gasteiger partial charge in [-0.3, -0.25) is 9.59 Å². The summed E-state index contributed by atoms with van der Waals surface area (Å²) in [4.78, 5) is 24.8. The van der Waals surface area contributed by atoms with Gasteiger partial charge in [0, 0.05) is 19.5 Å². The fourth-order valence-electron chi connectivity index (χ4n) is 2.26. The Morgan fingerprint density at radius 3 is 2.19 bits per heavy atom. The van der Waals surface area contributed by atoms with Gasteiger partial charge in [0.2, 0.25) is 5.91 Å². The van der Waals surface area contributed by atoms with Crippen LogP contribution in [0.1, 0.15) is 65.7 Å². The highest BCUT2D eigenvalue weighted by molar-refractivity contribution is 5.83. The largest absolute Gasteiger partial charge is 0.481 e. The van der Waals surface area contributed by atoms with Crippen molar-refractivity contribution in [2.24, 2.45) is 5.92 Å². The molecule has 1 atom stereocenters. The molecule has 1 N–H and O–H groups in total. The topological polar surface area (TPSA) is 57.6 Å². The van der Waals surface area contributed by atoms with Crippen molar-refractivity contribution in [3.05, 3.63) is 12.2 Å². The van der Waals surface area contributed by atoms with Gasteiger partial charge in [-0.15, -0.1) is 0 Å². The first kappa shape index (κ1) is 19.7. The highest BCUT2D eigenvalue weighted by atomic mass is 16.4. The van der Waals surface area contributed by atoms with Crippen LogP contribution in [0.4, 0.5) is 0 Å². The first-order valence-electron chi connectivity index (χ1n) is 8.23. The quantitative estimate of drug-likeness (QED) is 0.439. The van der Waals surface area contributed by atoms with Gasteiger partial charge in [-0.2, -0.15) is 0 Å². The van der Waals surface area contributed by atoms with E-state index in [9.17, 15) is 14.7 Å². The number of carbonyl (C=O) groups is 2. The summed E-state index contributed by atoms with van der Waals surface area (Å²) in [5.74, 6) is -1.70. The molecule has 122 valence electrons. The van der Waals surface area contributed by atoms with Crippen LogP contribution in [0.5, 0.6) is 0 Å². The van der Waals surface area contributed by atoms with Crippen molar-refractivity contribution in [1.82, 2.24) is 4.90 Å². The molecule has 4 heteroatoms. The van der Waals surface area contributed by atoms with E-state index in [-0.39, 0.29) is 12.3 Å². The molecule has 0 radical (unpaired) electrons. The van der Waals surface area contributed by atoms with Crippen LogP contribution < -0.4 is 0 Å². The van der Waals surface area contributed by atoms with Crippen molar-refractivity contribution >= 4 is 11.9 Å². The Balaban J connectivity index is 4.18. The number of carbonyl (C=O) groups excluding carboxylic acids is 1. The maximum Gasteiger partial charge on any atom is 0.310 e. The summed E-state index contributed by atoms with van der Waals surface area (Å²) < 4.78 is 0. The van der Waals surface area contributed by atoms with E-state index in [0.29, 0.717) is 13.1 Å². The molecular formula is C17H31NO3. The van der Waals surface area contributed by atoms with E-state index in [1.54, 1.807) is 11.0 Å². The summed E-state index contributed by atoms with van der Waals surface area (Å²) in [6.45, 7) is 7.25. The SMILES string of the molecule is CCCCCCC/C=C/C(CC(=O)N(CC)CC)C(=O)O. The lowest BCUT2D eigenvalue weighted by atomic mass is 10.0. The molecule has 0 saturated carbocycles. The van der Waals surface area contributed by atoms with Crippen molar-refractivity contribution in [3.63, 3.8) is 0 Å². The number of allylic oxidation sites excluding steroid dienone is 1. The van der Waals surface area contributed by atoms with Gasteiger partial charge in [0.1, 0.15) is 0 Å². The summed E-state index contributed by atoms with van der Waals surface area (Å²) in [7, 11) is 0. The third kappa shape index (κ3) is 9.27. The third-order valence-corrected chi connectivity index (χ3v) is 3.67. The van der Waals surface area contributed by atoms with Gasteiger partial charge in [-0.25, -0.2) is 0 Å². The Hall–Kier alpha value is -1.32. The number of aliphatic carboxylic acids is 1. The van der Waals surface area contributed by atoms with Crippen molar-refractivity contribution in [2.75, 3.05) is 13.1 Å². The fourth-order valence-corrected chi connectivity index (χ4v) is 2.26. The molecule has 0 fully saturated rings. The van der Waals surface area contributed by atoms with Crippen LogP contribution in [0.25, 0.3) is 0 Å². The summed E-state index contributed by atoms with van der Waals surface area (Å²) in [5, 5.41) is 9.20. The monoisotopic (exact) mass is 297 g/mol. The van der Waals surface area contributed by atoms with Gasteiger partial charge in [-0.1, -0.05) is 44.8 Å². The molecule has 0 saturated heterocycles. The van der Waals surface area contributed by atoms with Crippen molar-refractivity contribution in [2.45, 2.75) is 65.7 Å². The number of amides is 1. The standard InChI is InChI=1S/C17H31NO3/c1-4-7-8-9-10-11-12-13-15(17(20)21)14-16(19)18(5-2)6-3/h12-13,15H,4-11,14H2,1-3H3,(H,20,21)/b13-12+. The van der Waals surface area contributed by atoms with E-state index in [0.717, 1.165) is 12.8 Å². The zero-order valence-corrected chi connectivity index (χ0v) is 13.8. The van der Waals surface area contributed by atoms with Gasteiger partial charge < -0.3 is 10.0 Å². The maximum absolute atomic E-state index is 12.0. The minimum Gasteiger partial charge on any atom is -0.481 e. The van der Waals surface area contributed by atoms with Crippen LogP contribution >= 0.6 is 0 Å². The van der Waals surface area contributed by atoms with Gasteiger partial charge >= 0.3 is 5.97 Å². The fraction of sp³-hybridized carbons (Fsp3) is 0.765. The Bertz CT molecular complexity index is 322. The van der Waals surface area contributed by atoms with Gasteiger partial charge in [0.15, 0.2) is 0 Å². The van der Waals surface area contributed by atoms with Crippen LogP contribution in [0.15, 0.2) is 12.2 Å². The first-order valence-corrected chi connectivity index (χ1v) is 8.23. The van der Waals surface area contributed by atoms with Crippen LogP contribution in [0, 0.1) is 5.92 Å². The number of hydrogen-bond donors (Lipinski definition) is 1. The predicted molar refractivity (Wildman–Crippen MR) is 86.2 cm³/mol. The Kier molecular flexibility index (Phi) is 11.6. The van der Waals surface area contributed by atoms with E-state index in [4.69, 9.17) is 0 Å². The van der Waals surface area contributed by atoms with E-state index in [1.807, 2.05) is 19.9 Å². The molecular weight excluding hydrogens is 266 g/mol. The van der Waals surface area contributed by atoms with Crippen LogP contribution in [0.2, 0.25) is 0 Å². The first-order chi connectivity index (χ1) is 10.1. The Morgan fingerprint density at radius 2 is 1.67 bits per heavy atom. The van der Waals surface area contributed by atoms with Gasteiger partial charge in [-0.05, 0) is 26.7 Å². The van der Waals surface area contributed by atoms with Crippen molar-refractivity contribution in [1.29, 1.82) is 0 Å². The van der Waals surface area contributed by atoms with E-state index >= 15 is 0 Å². The number of carboxylic acids is 1. The lowest BCUT2D eigenvalue weighted by molar-refractivity contribution is -0.144. The van der Waals surface area contributed by atoms with Gasteiger partial charge in [0.25, 0.3) is 0 Å². The maximum atomic E-state index is 12.0. The van der Waals surface area contributed by atoms with E-state index < -0.39 is 11.9 Å². The second-order valence-corrected chi connectivity index (χ2v) is 5.35. The minimum absolute atomic E-state index is 0.0589. The van der Waals surface area contributed by atoms with E-state index in [1.165, 1.54) is 25.7 Å². The molecule has 0 aliphatic carbocycles. The molecule has 0 spiro atoms. The second-order valence-electron chi connectivity index (χ2n) is 5.35. The van der Waals surface area contributed by atoms with E-state index in [2.05, 4.69) is 6.92 Å². The zero-order valence-electron chi connectivity index (χ0n) is 13.8. The molecule has 0 aromatic rings. The van der Waals surface area contributed by atoms with Crippen LogP contribution in [0.3, 0.4) is 0 Å². The number of nitrogens with zero attached hydrogens (tertiary/aromatic N) is 1. The van der Waals surface area contributed by atoms with Gasteiger partial charge in [0.05, 0.1) is 5.92 Å². The smallest absolute Gasteiger partial charge is 0.310 e. The molecule has 0 aromatic carbocycles. The molecule has 0 heterocycles. The summed E-state index contributed by atoms with van der Waals surface area (Å²) in [6.07, 6.45) is 10.6.